The van der Waals surface area contributed by atoms with Gasteiger partial charge in [0.25, 0.3) is 5.56 Å². The molecule has 2 aromatic rings. The minimum Gasteiger partial charge on any atom is -0.310 e. The molecule has 0 aliphatic heterocycles. The van der Waals surface area contributed by atoms with E-state index in [9.17, 15) is 4.79 Å². The van der Waals surface area contributed by atoms with Crippen LogP contribution in [0.2, 0.25) is 0 Å². The second-order valence-electron chi connectivity index (χ2n) is 2.99. The Morgan fingerprint density at radius 2 is 2.43 bits per heavy atom. The Morgan fingerprint density at radius 3 is 3.07 bits per heavy atom. The number of aromatic amines is 1. The van der Waals surface area contributed by atoms with Crippen molar-refractivity contribution in [2.75, 3.05) is 0 Å². The third-order valence-corrected chi connectivity index (χ3v) is 2.39. The Kier molecular flexibility index (Phi) is 2.41. The topological polar surface area (TPSA) is 58.6 Å². The first-order valence-corrected chi connectivity index (χ1v) is 5.12. The van der Waals surface area contributed by atoms with Gasteiger partial charge in [0.2, 0.25) is 0 Å². The first-order chi connectivity index (χ1) is 6.74. The molecule has 0 radical (unpaired) electrons. The molecule has 0 saturated carbocycles. The molecule has 0 bridgehead atoms. The van der Waals surface area contributed by atoms with Gasteiger partial charge in [-0.25, -0.2) is 9.97 Å². The van der Waals surface area contributed by atoms with Gasteiger partial charge in [-0.05, 0) is 6.92 Å². The fourth-order valence-electron chi connectivity index (χ4n) is 1.22. The zero-order valence-corrected chi connectivity index (χ0v) is 8.47. The average molecular weight is 207 g/mol. The third-order valence-electron chi connectivity index (χ3n) is 1.75. The van der Waals surface area contributed by atoms with Gasteiger partial charge in [0, 0.05) is 23.6 Å². The minimum atomic E-state index is -0.109. The number of hydrogen-bond donors (Lipinski definition) is 1. The molecule has 0 aromatic carbocycles. The van der Waals surface area contributed by atoms with Crippen LogP contribution in [-0.4, -0.2) is 15.0 Å². The van der Waals surface area contributed by atoms with Crippen molar-refractivity contribution in [1.82, 2.24) is 15.0 Å². The summed E-state index contributed by atoms with van der Waals surface area (Å²) in [4.78, 5) is 22.2. The highest BCUT2D eigenvalue weighted by molar-refractivity contribution is 7.07. The fourth-order valence-corrected chi connectivity index (χ4v) is 1.78. The van der Waals surface area contributed by atoms with Crippen molar-refractivity contribution in [2.24, 2.45) is 0 Å². The number of nitrogens with zero attached hydrogens (tertiary/aromatic N) is 2. The molecule has 72 valence electrons. The monoisotopic (exact) mass is 207 g/mol. The molecule has 0 unspecified atom stereocenters. The maximum atomic E-state index is 11.1. The van der Waals surface area contributed by atoms with Gasteiger partial charge in [-0.2, -0.15) is 0 Å². The summed E-state index contributed by atoms with van der Waals surface area (Å²) in [6, 6.07) is 1.48. The quantitative estimate of drug-likeness (QED) is 0.803. The van der Waals surface area contributed by atoms with Crippen LogP contribution in [0.25, 0.3) is 0 Å². The lowest BCUT2D eigenvalue weighted by Crippen LogP contribution is -2.11. The van der Waals surface area contributed by atoms with Gasteiger partial charge in [-0.3, -0.25) is 4.79 Å². The van der Waals surface area contributed by atoms with Crippen molar-refractivity contribution in [2.45, 2.75) is 13.3 Å². The first kappa shape index (κ1) is 9.08. The van der Waals surface area contributed by atoms with E-state index in [2.05, 4.69) is 15.0 Å². The van der Waals surface area contributed by atoms with Crippen molar-refractivity contribution in [1.29, 1.82) is 0 Å². The number of thiazole rings is 1. The molecule has 1 N–H and O–H groups in total. The van der Waals surface area contributed by atoms with Crippen LogP contribution < -0.4 is 5.56 Å². The van der Waals surface area contributed by atoms with Gasteiger partial charge in [-0.15, -0.1) is 11.3 Å². The minimum absolute atomic E-state index is 0.109. The summed E-state index contributed by atoms with van der Waals surface area (Å²) in [6.07, 6.45) is 0.584. The van der Waals surface area contributed by atoms with Gasteiger partial charge in [0.05, 0.1) is 11.2 Å². The largest absolute Gasteiger partial charge is 0.310 e. The number of aromatic nitrogens is 3. The van der Waals surface area contributed by atoms with E-state index < -0.39 is 0 Å². The lowest BCUT2D eigenvalue weighted by Gasteiger charge is -1.98. The number of nitrogens with one attached hydrogen (secondary N) is 1. The van der Waals surface area contributed by atoms with Crippen LogP contribution >= 0.6 is 11.3 Å². The van der Waals surface area contributed by atoms with Crippen LogP contribution in [0.3, 0.4) is 0 Å². The summed E-state index contributed by atoms with van der Waals surface area (Å²) in [6.45, 7) is 1.81. The Morgan fingerprint density at radius 1 is 1.57 bits per heavy atom. The molecular formula is C9H9N3OS. The predicted octanol–water partition coefficient (Wildman–Crippen LogP) is 1.13. The maximum absolute atomic E-state index is 11.1. The lowest BCUT2D eigenvalue weighted by atomic mass is 10.3. The standard InChI is InChI=1S/C9H9N3OS/c1-6-2-9(13)12-8(11-6)3-7-4-14-5-10-7/h2,4-5H,3H2,1H3,(H,11,12,13). The summed E-state index contributed by atoms with van der Waals surface area (Å²) in [5.41, 5.74) is 3.33. The summed E-state index contributed by atoms with van der Waals surface area (Å²) in [5, 5.41) is 1.95. The molecule has 0 aliphatic carbocycles. The van der Waals surface area contributed by atoms with E-state index in [0.717, 1.165) is 11.4 Å². The number of rotatable bonds is 2. The molecule has 5 heteroatoms. The summed E-state index contributed by atoms with van der Waals surface area (Å²) in [5.74, 6) is 0.668. The summed E-state index contributed by atoms with van der Waals surface area (Å²) < 4.78 is 0. The van der Waals surface area contributed by atoms with Crippen LogP contribution in [0.1, 0.15) is 17.2 Å². The average Bonchev–Trinajstić information content (AvgIpc) is 2.54. The molecule has 0 aliphatic rings. The van der Waals surface area contributed by atoms with Gasteiger partial charge < -0.3 is 4.98 Å². The van der Waals surface area contributed by atoms with E-state index in [1.54, 1.807) is 12.4 Å². The van der Waals surface area contributed by atoms with Crippen LogP contribution in [0.15, 0.2) is 21.8 Å². The molecule has 2 aromatic heterocycles. The summed E-state index contributed by atoms with van der Waals surface area (Å²) in [7, 11) is 0. The van der Waals surface area contributed by atoms with Crippen molar-refractivity contribution >= 4 is 11.3 Å². The highest BCUT2D eigenvalue weighted by Gasteiger charge is 2.01. The van der Waals surface area contributed by atoms with Crippen molar-refractivity contribution < 1.29 is 0 Å². The maximum Gasteiger partial charge on any atom is 0.251 e. The molecule has 2 rings (SSSR count). The fraction of sp³-hybridized carbons (Fsp3) is 0.222. The van der Waals surface area contributed by atoms with Crippen LogP contribution in [0, 0.1) is 6.92 Å². The zero-order valence-electron chi connectivity index (χ0n) is 7.65. The van der Waals surface area contributed by atoms with Crippen LogP contribution in [0.5, 0.6) is 0 Å². The van der Waals surface area contributed by atoms with Gasteiger partial charge in [-0.1, -0.05) is 0 Å². The Balaban J connectivity index is 2.29. The number of hydrogen-bond acceptors (Lipinski definition) is 4. The Hall–Kier alpha value is -1.49. The smallest absolute Gasteiger partial charge is 0.251 e. The SMILES string of the molecule is Cc1cc(=O)[nH]c(Cc2cscn2)n1. The third kappa shape index (κ3) is 2.05. The van der Waals surface area contributed by atoms with E-state index in [0.29, 0.717) is 12.2 Å². The van der Waals surface area contributed by atoms with Gasteiger partial charge in [0.1, 0.15) is 5.82 Å². The number of aryl methyl sites for hydroxylation is 1. The van der Waals surface area contributed by atoms with Gasteiger partial charge >= 0.3 is 0 Å². The van der Waals surface area contributed by atoms with Crippen molar-refractivity contribution in [3.05, 3.63) is 44.5 Å². The molecular weight excluding hydrogens is 198 g/mol. The van der Waals surface area contributed by atoms with E-state index in [-0.39, 0.29) is 5.56 Å². The normalized spacial score (nSPS) is 10.4. The number of H-pyrrole nitrogens is 1. The summed E-state index contributed by atoms with van der Waals surface area (Å²) >= 11 is 1.54. The highest BCUT2D eigenvalue weighted by Crippen LogP contribution is 2.05. The molecule has 4 nitrogen and oxygen atoms in total. The molecule has 2 heterocycles. The molecule has 0 atom stereocenters. The van der Waals surface area contributed by atoms with Gasteiger partial charge in [0.15, 0.2) is 0 Å². The molecule has 0 spiro atoms. The van der Waals surface area contributed by atoms with Crippen molar-refractivity contribution in [3.8, 4) is 0 Å². The van der Waals surface area contributed by atoms with Crippen LogP contribution in [0.4, 0.5) is 0 Å². The van der Waals surface area contributed by atoms with E-state index in [4.69, 9.17) is 0 Å². The lowest BCUT2D eigenvalue weighted by molar-refractivity contribution is 0.905. The van der Waals surface area contributed by atoms with E-state index in [1.807, 2.05) is 5.38 Å². The second kappa shape index (κ2) is 3.71. The highest BCUT2D eigenvalue weighted by atomic mass is 32.1. The Bertz CT molecular complexity index is 475. The molecule has 0 saturated heterocycles. The van der Waals surface area contributed by atoms with Crippen LogP contribution in [-0.2, 0) is 6.42 Å². The second-order valence-corrected chi connectivity index (χ2v) is 3.71. The zero-order chi connectivity index (χ0) is 9.97. The van der Waals surface area contributed by atoms with E-state index >= 15 is 0 Å². The van der Waals surface area contributed by atoms with Crippen molar-refractivity contribution in [3.63, 3.8) is 0 Å². The molecule has 14 heavy (non-hydrogen) atoms. The molecule has 0 amide bonds. The first-order valence-electron chi connectivity index (χ1n) is 4.18. The molecule has 0 fully saturated rings. The van der Waals surface area contributed by atoms with E-state index in [1.165, 1.54) is 17.4 Å². The Labute approximate surface area is 84.7 Å². The predicted molar refractivity (Wildman–Crippen MR) is 54.5 cm³/mol.